The molecule has 1 aliphatic carbocycles. The van der Waals surface area contributed by atoms with E-state index in [1.54, 1.807) is 12.1 Å². The van der Waals surface area contributed by atoms with Gasteiger partial charge in [-0.2, -0.15) is 4.31 Å². The average Bonchev–Trinajstić information content (AvgIpc) is 3.29. The van der Waals surface area contributed by atoms with E-state index in [9.17, 15) is 13.2 Å². The van der Waals surface area contributed by atoms with Crippen LogP contribution in [0.3, 0.4) is 0 Å². The van der Waals surface area contributed by atoms with Crippen molar-refractivity contribution in [2.24, 2.45) is 0 Å². The topological polar surface area (TPSA) is 115 Å². The molecule has 0 radical (unpaired) electrons. The van der Waals surface area contributed by atoms with Crippen LogP contribution in [-0.4, -0.2) is 60.9 Å². The lowest BCUT2D eigenvalue weighted by atomic mass is 9.89. The fourth-order valence-corrected chi connectivity index (χ4v) is 5.94. The van der Waals surface area contributed by atoms with Gasteiger partial charge >= 0.3 is 0 Å². The van der Waals surface area contributed by atoms with Crippen LogP contribution in [0.4, 0.5) is 5.69 Å². The summed E-state index contributed by atoms with van der Waals surface area (Å²) in [7, 11) is -3.64. The highest BCUT2D eigenvalue weighted by Gasteiger charge is 2.27. The van der Waals surface area contributed by atoms with Crippen LogP contribution in [0.5, 0.6) is 0 Å². The van der Waals surface area contributed by atoms with Crippen LogP contribution in [-0.2, 0) is 19.6 Å². The summed E-state index contributed by atoms with van der Waals surface area (Å²) in [4.78, 5) is 12.7. The van der Waals surface area contributed by atoms with E-state index < -0.39 is 10.0 Å². The minimum absolute atomic E-state index is 0.0895. The number of benzene rings is 1. The molecule has 2 aliphatic rings. The average molecular weight is 481 g/mol. The number of aryl methyl sites for hydroxylation is 1. The van der Waals surface area contributed by atoms with Crippen molar-refractivity contribution in [3.8, 4) is 0 Å². The Balaban J connectivity index is 1.37. The standard InChI is InChI=1S/C21H28N4O5S2/c1-15-7-8-17(32(27,28)25-9-11-29-12-10-25)13-18(15)22-19(26)14-31-21-24-23-20(30-21)16-5-3-2-4-6-16/h7-8,13,16H,2-6,9-12,14H2,1H3,(H,22,26). The summed E-state index contributed by atoms with van der Waals surface area (Å²) in [5.74, 6) is 0.797. The van der Waals surface area contributed by atoms with E-state index in [0.29, 0.717) is 49.0 Å². The highest BCUT2D eigenvalue weighted by atomic mass is 32.2. The monoisotopic (exact) mass is 480 g/mol. The molecule has 1 saturated heterocycles. The molecule has 2 heterocycles. The number of thioether (sulfide) groups is 1. The molecule has 2 fully saturated rings. The van der Waals surface area contributed by atoms with Gasteiger partial charge in [-0.15, -0.1) is 10.2 Å². The molecule has 1 aromatic carbocycles. The van der Waals surface area contributed by atoms with E-state index in [1.165, 1.54) is 41.4 Å². The normalized spacial score (nSPS) is 18.5. The molecule has 174 valence electrons. The minimum atomic E-state index is -3.64. The zero-order valence-electron chi connectivity index (χ0n) is 18.1. The fourth-order valence-electron chi connectivity index (χ4n) is 3.94. The first kappa shape index (κ1) is 23.2. The Morgan fingerprint density at radius 1 is 1.19 bits per heavy atom. The number of carbonyl (C=O) groups excluding carboxylic acids is 1. The molecule has 0 atom stereocenters. The van der Waals surface area contributed by atoms with Crippen molar-refractivity contribution in [3.63, 3.8) is 0 Å². The molecule has 9 nitrogen and oxygen atoms in total. The predicted octanol–water partition coefficient (Wildman–Crippen LogP) is 3.18. The summed E-state index contributed by atoms with van der Waals surface area (Å²) < 4.78 is 38.2. The van der Waals surface area contributed by atoms with Gasteiger partial charge in [-0.25, -0.2) is 8.42 Å². The number of carbonyl (C=O) groups is 1. The molecule has 4 rings (SSSR count). The van der Waals surface area contributed by atoms with Crippen molar-refractivity contribution in [3.05, 3.63) is 29.7 Å². The number of nitrogens with one attached hydrogen (secondary N) is 1. The molecule has 32 heavy (non-hydrogen) atoms. The highest BCUT2D eigenvalue weighted by molar-refractivity contribution is 7.99. The predicted molar refractivity (Wildman–Crippen MR) is 120 cm³/mol. The number of hydrogen-bond acceptors (Lipinski definition) is 8. The number of sulfonamides is 1. The number of hydrogen-bond donors (Lipinski definition) is 1. The zero-order valence-corrected chi connectivity index (χ0v) is 19.7. The first-order valence-electron chi connectivity index (χ1n) is 10.9. The number of amides is 1. The largest absolute Gasteiger partial charge is 0.416 e. The summed E-state index contributed by atoms with van der Waals surface area (Å²) in [5.41, 5.74) is 1.25. The summed E-state index contributed by atoms with van der Waals surface area (Å²) in [6.45, 7) is 3.22. The number of nitrogens with zero attached hydrogens (tertiary/aromatic N) is 3. The molecule has 1 aliphatic heterocycles. The Morgan fingerprint density at radius 3 is 2.69 bits per heavy atom. The lowest BCUT2D eigenvalue weighted by Crippen LogP contribution is -2.40. The second-order valence-corrected chi connectivity index (χ2v) is 10.9. The van der Waals surface area contributed by atoms with Crippen LogP contribution in [0.1, 0.15) is 49.5 Å². The fraction of sp³-hybridized carbons (Fsp3) is 0.571. The number of aromatic nitrogens is 2. The molecule has 1 N–H and O–H groups in total. The molecule has 0 bridgehead atoms. The van der Waals surface area contributed by atoms with Crippen LogP contribution in [0, 0.1) is 6.92 Å². The van der Waals surface area contributed by atoms with E-state index in [0.717, 1.165) is 18.4 Å². The van der Waals surface area contributed by atoms with Gasteiger partial charge in [-0.1, -0.05) is 37.1 Å². The molecular weight excluding hydrogens is 452 g/mol. The quantitative estimate of drug-likeness (QED) is 0.601. The molecule has 0 unspecified atom stereocenters. The molecule has 11 heteroatoms. The second-order valence-electron chi connectivity index (χ2n) is 8.07. The molecule has 1 saturated carbocycles. The number of ether oxygens (including phenoxy) is 1. The summed E-state index contributed by atoms with van der Waals surface area (Å²) in [5, 5.41) is 11.4. The molecule has 1 amide bonds. The zero-order chi connectivity index (χ0) is 22.6. The minimum Gasteiger partial charge on any atom is -0.416 e. The second kappa shape index (κ2) is 10.3. The van der Waals surface area contributed by atoms with E-state index in [2.05, 4.69) is 15.5 Å². The van der Waals surface area contributed by atoms with Gasteiger partial charge < -0.3 is 14.5 Å². The third-order valence-electron chi connectivity index (χ3n) is 5.79. The van der Waals surface area contributed by atoms with E-state index in [4.69, 9.17) is 9.15 Å². The summed E-state index contributed by atoms with van der Waals surface area (Å²) in [6.07, 6.45) is 5.74. The van der Waals surface area contributed by atoms with Crippen molar-refractivity contribution < 1.29 is 22.4 Å². The van der Waals surface area contributed by atoms with Crippen LogP contribution in [0.25, 0.3) is 0 Å². The molecular formula is C21H28N4O5S2. The first-order chi connectivity index (χ1) is 15.4. The number of anilines is 1. The van der Waals surface area contributed by atoms with Crippen LogP contribution >= 0.6 is 11.8 Å². The Hall–Kier alpha value is -1.95. The van der Waals surface area contributed by atoms with Gasteiger partial charge in [0.25, 0.3) is 5.22 Å². The smallest absolute Gasteiger partial charge is 0.277 e. The van der Waals surface area contributed by atoms with Gasteiger partial charge in [0, 0.05) is 24.7 Å². The summed E-state index contributed by atoms with van der Waals surface area (Å²) in [6, 6.07) is 4.77. The van der Waals surface area contributed by atoms with Crippen LogP contribution < -0.4 is 5.32 Å². The number of rotatable bonds is 7. The Labute approximate surface area is 192 Å². The van der Waals surface area contributed by atoms with Gasteiger partial charge in [0.15, 0.2) is 0 Å². The van der Waals surface area contributed by atoms with Gasteiger partial charge in [-0.05, 0) is 37.5 Å². The van der Waals surface area contributed by atoms with E-state index >= 15 is 0 Å². The van der Waals surface area contributed by atoms with Crippen LogP contribution in [0.15, 0.2) is 32.7 Å². The molecule has 2 aromatic rings. The highest BCUT2D eigenvalue weighted by Crippen LogP contribution is 2.33. The maximum absolute atomic E-state index is 12.9. The van der Waals surface area contributed by atoms with E-state index in [-0.39, 0.29) is 16.6 Å². The van der Waals surface area contributed by atoms with Crippen molar-refractivity contribution >= 4 is 33.4 Å². The van der Waals surface area contributed by atoms with Crippen molar-refractivity contribution in [2.75, 3.05) is 37.4 Å². The molecule has 1 aromatic heterocycles. The van der Waals surface area contributed by atoms with Gasteiger partial charge in [0.1, 0.15) is 0 Å². The molecule has 0 spiro atoms. The van der Waals surface area contributed by atoms with Gasteiger partial charge in [-0.3, -0.25) is 4.79 Å². The van der Waals surface area contributed by atoms with Crippen LogP contribution in [0.2, 0.25) is 0 Å². The summed E-state index contributed by atoms with van der Waals surface area (Å²) >= 11 is 1.18. The third kappa shape index (κ3) is 5.51. The first-order valence-corrected chi connectivity index (χ1v) is 13.3. The van der Waals surface area contributed by atoms with Crippen molar-refractivity contribution in [1.29, 1.82) is 0 Å². The Bertz CT molecular complexity index is 1040. The lowest BCUT2D eigenvalue weighted by molar-refractivity contribution is -0.113. The Kier molecular flexibility index (Phi) is 7.49. The van der Waals surface area contributed by atoms with Crippen molar-refractivity contribution in [1.82, 2.24) is 14.5 Å². The number of morpholine rings is 1. The van der Waals surface area contributed by atoms with Gasteiger partial charge in [0.05, 0.1) is 23.9 Å². The van der Waals surface area contributed by atoms with Crippen molar-refractivity contribution in [2.45, 2.75) is 55.1 Å². The maximum Gasteiger partial charge on any atom is 0.277 e. The maximum atomic E-state index is 12.9. The SMILES string of the molecule is Cc1ccc(S(=O)(=O)N2CCOCC2)cc1NC(=O)CSc1nnc(C2CCCCC2)o1. The van der Waals surface area contributed by atoms with E-state index in [1.807, 2.05) is 6.92 Å². The van der Waals surface area contributed by atoms with Gasteiger partial charge in [0.2, 0.25) is 21.8 Å². The third-order valence-corrected chi connectivity index (χ3v) is 8.51. The lowest BCUT2D eigenvalue weighted by Gasteiger charge is -2.26. The Morgan fingerprint density at radius 2 is 1.94 bits per heavy atom.